The topological polar surface area (TPSA) is 45.2 Å². The number of nitrogens with one attached hydrogen (secondary N) is 1. The van der Waals surface area contributed by atoms with E-state index >= 15 is 0 Å². The van der Waals surface area contributed by atoms with Gasteiger partial charge in [0.15, 0.2) is 0 Å². The van der Waals surface area contributed by atoms with E-state index < -0.39 is 0 Å². The van der Waals surface area contributed by atoms with E-state index in [1.165, 1.54) is 11.6 Å². The number of halogens is 1. The quantitative estimate of drug-likeness (QED) is 0.878. The highest BCUT2D eigenvalue weighted by Gasteiger charge is 2.20. The first-order valence-electron chi connectivity index (χ1n) is 8.85. The molecule has 1 fully saturated rings. The Labute approximate surface area is 148 Å². The number of carbonyl (C=O) groups excluding carboxylic acids is 1. The number of piperidine rings is 1. The normalized spacial score (nSPS) is 15.9. The first-order chi connectivity index (χ1) is 12.2. The lowest BCUT2D eigenvalue weighted by molar-refractivity contribution is -0.121. The second-order valence-corrected chi connectivity index (χ2v) is 6.56. The zero-order chi connectivity index (χ0) is 17.5. The predicted octanol–water partition coefficient (Wildman–Crippen LogP) is 2.59. The van der Waals surface area contributed by atoms with Gasteiger partial charge in [0.2, 0.25) is 5.91 Å². The highest BCUT2D eigenvalue weighted by Crippen LogP contribution is 2.12. The summed E-state index contributed by atoms with van der Waals surface area (Å²) in [6.07, 6.45) is 6.67. The number of pyridine rings is 1. The number of hydrogen-bond donors (Lipinski definition) is 1. The number of benzene rings is 1. The van der Waals surface area contributed by atoms with E-state index in [-0.39, 0.29) is 24.2 Å². The van der Waals surface area contributed by atoms with Crippen LogP contribution in [0.4, 0.5) is 4.39 Å². The van der Waals surface area contributed by atoms with Crippen LogP contribution >= 0.6 is 0 Å². The number of hydrogen-bond acceptors (Lipinski definition) is 3. The summed E-state index contributed by atoms with van der Waals surface area (Å²) < 4.78 is 13.6. The highest BCUT2D eigenvalue weighted by molar-refractivity contribution is 5.78. The van der Waals surface area contributed by atoms with Crippen molar-refractivity contribution in [2.45, 2.75) is 31.7 Å². The fraction of sp³-hybridized carbons (Fsp3) is 0.400. The molecule has 25 heavy (non-hydrogen) atoms. The fourth-order valence-corrected chi connectivity index (χ4v) is 3.23. The van der Waals surface area contributed by atoms with Crippen LogP contribution in [-0.4, -0.2) is 41.5 Å². The molecule has 1 aromatic heterocycles. The molecule has 132 valence electrons. The lowest BCUT2D eigenvalue weighted by Crippen LogP contribution is -2.45. The second-order valence-electron chi connectivity index (χ2n) is 6.56. The zero-order valence-electron chi connectivity index (χ0n) is 14.3. The summed E-state index contributed by atoms with van der Waals surface area (Å²) in [7, 11) is 0. The minimum atomic E-state index is -0.316. The maximum atomic E-state index is 13.6. The SMILES string of the molecule is O=C(Cc1ccccc1F)NC1CCN(CCc2ccncc2)CC1. The number of rotatable bonds is 6. The molecule has 1 aliphatic heterocycles. The molecule has 0 saturated carbocycles. The second kappa shape index (κ2) is 8.72. The minimum absolute atomic E-state index is 0.0969. The van der Waals surface area contributed by atoms with Crippen molar-refractivity contribution < 1.29 is 9.18 Å². The lowest BCUT2D eigenvalue weighted by atomic mass is 10.0. The molecule has 0 spiro atoms. The Morgan fingerprint density at radius 3 is 2.60 bits per heavy atom. The molecular formula is C20H24FN3O. The zero-order valence-corrected chi connectivity index (χ0v) is 14.3. The van der Waals surface area contributed by atoms with Gasteiger partial charge in [-0.3, -0.25) is 9.78 Å². The first-order valence-corrected chi connectivity index (χ1v) is 8.85. The molecule has 0 bridgehead atoms. The average molecular weight is 341 g/mol. The monoisotopic (exact) mass is 341 g/mol. The number of nitrogens with zero attached hydrogens (tertiary/aromatic N) is 2. The van der Waals surface area contributed by atoms with Crippen molar-refractivity contribution in [3.05, 3.63) is 65.7 Å². The maximum absolute atomic E-state index is 13.6. The summed E-state index contributed by atoms with van der Waals surface area (Å²) in [6.45, 7) is 2.99. The molecule has 0 unspecified atom stereocenters. The Morgan fingerprint density at radius 1 is 1.16 bits per heavy atom. The molecule has 1 saturated heterocycles. The Hall–Kier alpha value is -2.27. The number of likely N-dealkylation sites (tertiary alicyclic amines) is 1. The molecule has 2 aromatic rings. The molecule has 5 heteroatoms. The summed E-state index contributed by atoms with van der Waals surface area (Å²) in [5, 5.41) is 3.05. The van der Waals surface area contributed by atoms with Gasteiger partial charge in [0.05, 0.1) is 6.42 Å². The number of carbonyl (C=O) groups is 1. The number of amides is 1. The van der Waals surface area contributed by atoms with Crippen molar-refractivity contribution in [3.8, 4) is 0 Å². The van der Waals surface area contributed by atoms with Crippen LogP contribution in [0.25, 0.3) is 0 Å². The van der Waals surface area contributed by atoms with E-state index in [2.05, 4.69) is 27.3 Å². The molecule has 0 radical (unpaired) electrons. The third-order valence-corrected chi connectivity index (χ3v) is 4.73. The molecule has 1 amide bonds. The van der Waals surface area contributed by atoms with E-state index in [1.807, 2.05) is 12.4 Å². The predicted molar refractivity (Wildman–Crippen MR) is 95.6 cm³/mol. The van der Waals surface area contributed by atoms with Crippen LogP contribution in [0.2, 0.25) is 0 Å². The van der Waals surface area contributed by atoms with Gasteiger partial charge in [-0.25, -0.2) is 4.39 Å². The Bertz CT molecular complexity index is 684. The third-order valence-electron chi connectivity index (χ3n) is 4.73. The van der Waals surface area contributed by atoms with E-state index in [9.17, 15) is 9.18 Å². The van der Waals surface area contributed by atoms with Gasteiger partial charge in [-0.1, -0.05) is 18.2 Å². The summed E-state index contributed by atoms with van der Waals surface area (Å²) in [4.78, 5) is 18.6. The molecule has 2 heterocycles. The standard InChI is InChI=1S/C20H24FN3O/c21-19-4-2-1-3-17(19)15-20(25)23-18-8-13-24(14-9-18)12-7-16-5-10-22-11-6-16/h1-6,10-11,18H,7-9,12-15H2,(H,23,25). The van der Waals surface area contributed by atoms with Crippen LogP contribution in [0.3, 0.4) is 0 Å². The maximum Gasteiger partial charge on any atom is 0.224 e. The smallest absolute Gasteiger partial charge is 0.224 e. The van der Waals surface area contributed by atoms with Gasteiger partial charge in [-0.15, -0.1) is 0 Å². The van der Waals surface area contributed by atoms with Gasteiger partial charge in [0.25, 0.3) is 0 Å². The van der Waals surface area contributed by atoms with Gasteiger partial charge in [0.1, 0.15) is 5.82 Å². The van der Waals surface area contributed by atoms with E-state index in [0.717, 1.165) is 38.9 Å². The molecule has 0 atom stereocenters. The Balaban J connectivity index is 1.39. The molecule has 1 aromatic carbocycles. The van der Waals surface area contributed by atoms with E-state index in [1.54, 1.807) is 18.2 Å². The molecule has 1 N–H and O–H groups in total. The van der Waals surface area contributed by atoms with Gasteiger partial charge in [0, 0.05) is 38.1 Å². The van der Waals surface area contributed by atoms with Crippen LogP contribution in [-0.2, 0) is 17.6 Å². The Morgan fingerprint density at radius 2 is 1.88 bits per heavy atom. The van der Waals surface area contributed by atoms with Crippen LogP contribution in [0, 0.1) is 5.82 Å². The van der Waals surface area contributed by atoms with Crippen LogP contribution in [0.5, 0.6) is 0 Å². The van der Waals surface area contributed by atoms with Crippen LogP contribution in [0.15, 0.2) is 48.8 Å². The van der Waals surface area contributed by atoms with E-state index in [0.29, 0.717) is 5.56 Å². The third kappa shape index (κ3) is 5.36. The van der Waals surface area contributed by atoms with Crippen molar-refractivity contribution in [1.82, 2.24) is 15.2 Å². The summed E-state index contributed by atoms with van der Waals surface area (Å²) in [5.74, 6) is -0.413. The van der Waals surface area contributed by atoms with Crippen LogP contribution < -0.4 is 5.32 Å². The molecule has 0 aliphatic carbocycles. The van der Waals surface area contributed by atoms with E-state index in [4.69, 9.17) is 0 Å². The average Bonchev–Trinajstić information content (AvgIpc) is 2.64. The molecular weight excluding hydrogens is 317 g/mol. The Kier molecular flexibility index (Phi) is 6.12. The summed E-state index contributed by atoms with van der Waals surface area (Å²) >= 11 is 0. The minimum Gasteiger partial charge on any atom is -0.353 e. The van der Waals surface area contributed by atoms with Crippen LogP contribution in [0.1, 0.15) is 24.0 Å². The lowest BCUT2D eigenvalue weighted by Gasteiger charge is -2.32. The molecule has 1 aliphatic rings. The summed E-state index contributed by atoms with van der Waals surface area (Å²) in [6, 6.07) is 10.7. The molecule has 4 nitrogen and oxygen atoms in total. The summed E-state index contributed by atoms with van der Waals surface area (Å²) in [5.41, 5.74) is 1.75. The highest BCUT2D eigenvalue weighted by atomic mass is 19.1. The first kappa shape index (κ1) is 17.5. The van der Waals surface area contributed by atoms with Gasteiger partial charge in [-0.2, -0.15) is 0 Å². The molecule has 3 rings (SSSR count). The van der Waals surface area contributed by atoms with Crippen molar-refractivity contribution in [1.29, 1.82) is 0 Å². The number of aromatic nitrogens is 1. The van der Waals surface area contributed by atoms with Crippen molar-refractivity contribution in [3.63, 3.8) is 0 Å². The fourth-order valence-electron chi connectivity index (χ4n) is 3.23. The van der Waals surface area contributed by atoms with Gasteiger partial charge >= 0.3 is 0 Å². The van der Waals surface area contributed by atoms with Crippen molar-refractivity contribution in [2.75, 3.05) is 19.6 Å². The van der Waals surface area contributed by atoms with Gasteiger partial charge < -0.3 is 10.2 Å². The van der Waals surface area contributed by atoms with Crippen molar-refractivity contribution >= 4 is 5.91 Å². The van der Waals surface area contributed by atoms with Gasteiger partial charge in [-0.05, 0) is 48.6 Å². The van der Waals surface area contributed by atoms with Crippen molar-refractivity contribution in [2.24, 2.45) is 0 Å². The largest absolute Gasteiger partial charge is 0.353 e.